The van der Waals surface area contributed by atoms with E-state index in [-0.39, 0.29) is 12.2 Å². The number of hydrogen-bond acceptors (Lipinski definition) is 5. The third kappa shape index (κ3) is 6.06. The molecule has 0 aliphatic rings. The molecule has 2 rings (SSSR count). The zero-order valence-electron chi connectivity index (χ0n) is 16.0. The maximum absolute atomic E-state index is 12.8. The maximum atomic E-state index is 12.8. The van der Waals surface area contributed by atoms with E-state index in [9.17, 15) is 14.4 Å². The van der Waals surface area contributed by atoms with Crippen LogP contribution in [0, 0.1) is 5.92 Å². The lowest BCUT2D eigenvalue weighted by Gasteiger charge is -2.22. The van der Waals surface area contributed by atoms with Gasteiger partial charge in [0.25, 0.3) is 0 Å². The lowest BCUT2D eigenvalue weighted by Crippen LogP contribution is -2.33. The van der Waals surface area contributed by atoms with Crippen molar-refractivity contribution in [1.82, 2.24) is 0 Å². The predicted molar refractivity (Wildman–Crippen MR) is 102 cm³/mol. The summed E-state index contributed by atoms with van der Waals surface area (Å²) in [5, 5.41) is 0. The average Bonchev–Trinajstić information content (AvgIpc) is 2.59. The highest BCUT2D eigenvalue weighted by molar-refractivity contribution is 6.06. The summed E-state index contributed by atoms with van der Waals surface area (Å²) in [6.45, 7) is 6.43. The Labute approximate surface area is 159 Å². The van der Waals surface area contributed by atoms with E-state index in [2.05, 4.69) is 0 Å². The third-order valence-electron chi connectivity index (χ3n) is 3.73. The highest BCUT2D eigenvalue weighted by Gasteiger charge is 2.31. The van der Waals surface area contributed by atoms with Crippen LogP contribution in [0.2, 0.25) is 0 Å². The van der Waals surface area contributed by atoms with Crippen LogP contribution >= 0.6 is 0 Å². The first-order valence-electron chi connectivity index (χ1n) is 8.76. The molecule has 142 valence electrons. The molecule has 0 spiro atoms. The van der Waals surface area contributed by atoms with Crippen molar-refractivity contribution in [3.63, 3.8) is 0 Å². The quantitative estimate of drug-likeness (QED) is 0.406. The summed E-state index contributed by atoms with van der Waals surface area (Å²) in [7, 11) is 0. The van der Waals surface area contributed by atoms with Crippen LogP contribution in [0.3, 0.4) is 0 Å². The molecule has 0 bridgehead atoms. The van der Waals surface area contributed by atoms with Gasteiger partial charge in [0.05, 0.1) is 5.56 Å². The van der Waals surface area contributed by atoms with Gasteiger partial charge < -0.3 is 9.47 Å². The molecule has 0 saturated heterocycles. The van der Waals surface area contributed by atoms with Gasteiger partial charge in [0.15, 0.2) is 5.78 Å². The summed E-state index contributed by atoms with van der Waals surface area (Å²) in [5.41, 5.74) is -0.418. The number of benzene rings is 2. The van der Waals surface area contributed by atoms with E-state index in [1.807, 2.05) is 18.2 Å². The molecule has 2 aromatic carbocycles. The Hall–Kier alpha value is -2.95. The summed E-state index contributed by atoms with van der Waals surface area (Å²) in [5.74, 6) is -1.62. The van der Waals surface area contributed by atoms with Crippen molar-refractivity contribution < 1.29 is 23.9 Å². The number of carbonyl (C=O) groups is 3. The van der Waals surface area contributed by atoms with Gasteiger partial charge in [0.1, 0.15) is 28.8 Å². The largest absolute Gasteiger partial charge is 0.459 e. The molecule has 0 aliphatic carbocycles. The van der Waals surface area contributed by atoms with Gasteiger partial charge in [-0.1, -0.05) is 30.3 Å². The third-order valence-corrected chi connectivity index (χ3v) is 3.73. The number of ether oxygens (including phenoxy) is 2. The van der Waals surface area contributed by atoms with Crippen molar-refractivity contribution in [2.24, 2.45) is 5.92 Å². The Morgan fingerprint density at radius 3 is 2.11 bits per heavy atom. The van der Waals surface area contributed by atoms with Gasteiger partial charge in [-0.2, -0.15) is 0 Å². The van der Waals surface area contributed by atoms with E-state index in [0.717, 1.165) is 0 Å². The molecule has 1 atom stereocenters. The van der Waals surface area contributed by atoms with Gasteiger partial charge in [-0.25, -0.2) is 0 Å². The van der Waals surface area contributed by atoms with E-state index >= 15 is 0 Å². The summed E-state index contributed by atoms with van der Waals surface area (Å²) >= 11 is 0. The molecule has 0 heterocycles. The number of esters is 1. The minimum Gasteiger partial charge on any atom is -0.459 e. The number of carbonyl (C=O) groups excluding carboxylic acids is 3. The Kier molecular flexibility index (Phi) is 6.50. The second-order valence-corrected chi connectivity index (χ2v) is 7.24. The molecule has 0 aliphatic heterocycles. The van der Waals surface area contributed by atoms with Gasteiger partial charge in [0.2, 0.25) is 0 Å². The van der Waals surface area contributed by atoms with Crippen molar-refractivity contribution in [3.8, 4) is 11.5 Å². The highest BCUT2D eigenvalue weighted by atomic mass is 16.6. The lowest BCUT2D eigenvalue weighted by molar-refractivity contribution is -0.161. The highest BCUT2D eigenvalue weighted by Crippen LogP contribution is 2.27. The Bertz CT molecular complexity index is 818. The molecule has 0 saturated carbocycles. The second kappa shape index (κ2) is 8.62. The number of para-hydroxylation sites is 2. The van der Waals surface area contributed by atoms with Gasteiger partial charge in [-0.15, -0.1) is 0 Å². The fourth-order valence-corrected chi connectivity index (χ4v) is 2.46. The Morgan fingerprint density at radius 1 is 0.926 bits per heavy atom. The molecular weight excluding hydrogens is 344 g/mol. The number of ketones is 2. The van der Waals surface area contributed by atoms with Crippen LogP contribution in [0.15, 0.2) is 54.6 Å². The van der Waals surface area contributed by atoms with Crippen LogP contribution in [0.5, 0.6) is 11.5 Å². The van der Waals surface area contributed by atoms with E-state index in [4.69, 9.17) is 9.47 Å². The monoisotopic (exact) mass is 368 g/mol. The van der Waals surface area contributed by atoms with Gasteiger partial charge in [-0.05, 0) is 52.0 Å². The molecule has 5 heteroatoms. The van der Waals surface area contributed by atoms with Crippen LogP contribution in [-0.4, -0.2) is 23.1 Å². The molecule has 0 amide bonds. The smallest absolute Gasteiger partial charge is 0.317 e. The van der Waals surface area contributed by atoms with Crippen molar-refractivity contribution in [3.05, 3.63) is 60.2 Å². The first kappa shape index (κ1) is 20.4. The normalized spacial score (nSPS) is 12.1. The zero-order valence-corrected chi connectivity index (χ0v) is 16.0. The fraction of sp³-hybridized carbons (Fsp3) is 0.318. The SMILES string of the molecule is CC(=O)[C@H](CC(=O)c1ccccc1Oc1ccccc1)C(=O)OC(C)(C)C. The van der Waals surface area contributed by atoms with Gasteiger partial charge >= 0.3 is 5.97 Å². The van der Waals surface area contributed by atoms with Crippen molar-refractivity contribution in [2.75, 3.05) is 0 Å². The standard InChI is InChI=1S/C22H24O5/c1-15(23)18(21(25)27-22(2,3)4)14-19(24)17-12-8-9-13-20(17)26-16-10-6-5-7-11-16/h5-13,18H,14H2,1-4H3/t18-/m0/s1. The van der Waals surface area contributed by atoms with Gasteiger partial charge in [-0.3, -0.25) is 14.4 Å². The van der Waals surface area contributed by atoms with Crippen LogP contribution < -0.4 is 4.74 Å². The molecule has 2 aromatic rings. The van der Waals surface area contributed by atoms with Gasteiger partial charge in [0, 0.05) is 6.42 Å². The number of hydrogen-bond donors (Lipinski definition) is 0. The molecule has 0 aromatic heterocycles. The maximum Gasteiger partial charge on any atom is 0.317 e. The van der Waals surface area contributed by atoms with Crippen LogP contribution in [-0.2, 0) is 14.3 Å². The first-order chi connectivity index (χ1) is 12.7. The minimum atomic E-state index is -1.14. The summed E-state index contributed by atoms with van der Waals surface area (Å²) in [6.07, 6.45) is -0.264. The molecule has 0 unspecified atom stereocenters. The first-order valence-corrected chi connectivity index (χ1v) is 8.76. The van der Waals surface area contributed by atoms with E-state index in [0.29, 0.717) is 17.1 Å². The molecular formula is C22H24O5. The average molecular weight is 368 g/mol. The molecule has 0 radical (unpaired) electrons. The molecule has 0 N–H and O–H groups in total. The number of Topliss-reactive ketones (excluding diaryl/α,β-unsaturated/α-hetero) is 2. The van der Waals surface area contributed by atoms with E-state index in [1.165, 1.54) is 6.92 Å². The Balaban J connectivity index is 2.21. The van der Waals surface area contributed by atoms with Crippen LogP contribution in [0.4, 0.5) is 0 Å². The second-order valence-electron chi connectivity index (χ2n) is 7.24. The van der Waals surface area contributed by atoms with Crippen molar-refractivity contribution >= 4 is 17.5 Å². The Morgan fingerprint density at radius 2 is 1.52 bits per heavy atom. The van der Waals surface area contributed by atoms with Crippen LogP contribution in [0.1, 0.15) is 44.5 Å². The lowest BCUT2D eigenvalue weighted by atomic mass is 9.94. The summed E-state index contributed by atoms with van der Waals surface area (Å²) in [6, 6.07) is 15.8. The zero-order chi connectivity index (χ0) is 20.0. The van der Waals surface area contributed by atoms with E-state index in [1.54, 1.807) is 57.2 Å². The minimum absolute atomic E-state index is 0.264. The van der Waals surface area contributed by atoms with E-state index < -0.39 is 23.3 Å². The fourth-order valence-electron chi connectivity index (χ4n) is 2.46. The molecule has 5 nitrogen and oxygen atoms in total. The molecule has 27 heavy (non-hydrogen) atoms. The number of rotatable bonds is 7. The van der Waals surface area contributed by atoms with Crippen molar-refractivity contribution in [2.45, 2.75) is 39.7 Å². The predicted octanol–water partition coefficient (Wildman–Crippen LogP) is 4.60. The topological polar surface area (TPSA) is 69.7 Å². The summed E-state index contributed by atoms with van der Waals surface area (Å²) < 4.78 is 11.1. The van der Waals surface area contributed by atoms with Crippen LogP contribution in [0.25, 0.3) is 0 Å². The molecule has 0 fully saturated rings. The van der Waals surface area contributed by atoms with Crippen molar-refractivity contribution in [1.29, 1.82) is 0 Å². The summed E-state index contributed by atoms with van der Waals surface area (Å²) in [4.78, 5) is 37.0.